The van der Waals surface area contributed by atoms with Crippen LogP contribution in [0.5, 0.6) is 0 Å². The second kappa shape index (κ2) is 6.20. The molecule has 1 saturated heterocycles. The van der Waals surface area contributed by atoms with Crippen molar-refractivity contribution in [2.45, 2.75) is 30.6 Å². The Kier molecular flexibility index (Phi) is 4.11. The first-order chi connectivity index (χ1) is 12.4. The van der Waals surface area contributed by atoms with E-state index in [0.717, 1.165) is 0 Å². The molecule has 3 heterocycles. The highest BCUT2D eigenvalue weighted by Crippen LogP contribution is 2.52. The first kappa shape index (κ1) is 17.2. The third-order valence-corrected chi connectivity index (χ3v) is 7.05. The molecule has 2 aromatic heterocycles. The zero-order chi connectivity index (χ0) is 18.4. The third kappa shape index (κ3) is 3.03. The number of ether oxygens (including phenoxy) is 1. The number of aromatic amines is 1. The summed E-state index contributed by atoms with van der Waals surface area (Å²) < 4.78 is 29.3. The van der Waals surface area contributed by atoms with Gasteiger partial charge < -0.3 is 15.0 Å². The van der Waals surface area contributed by atoms with Gasteiger partial charge in [-0.05, 0) is 19.8 Å². The number of H-pyrrole nitrogens is 1. The van der Waals surface area contributed by atoms with Crippen molar-refractivity contribution in [2.75, 3.05) is 36.2 Å². The molecule has 0 radical (unpaired) electrons. The van der Waals surface area contributed by atoms with Crippen LogP contribution in [-0.4, -0.2) is 60.6 Å². The highest BCUT2D eigenvalue weighted by Gasteiger charge is 2.55. The van der Waals surface area contributed by atoms with Crippen LogP contribution in [-0.2, 0) is 19.3 Å². The molecule has 10 heteroatoms. The number of hydrogen-bond donors (Lipinski definition) is 2. The van der Waals surface area contributed by atoms with Gasteiger partial charge in [-0.25, -0.2) is 13.4 Å². The first-order valence-corrected chi connectivity index (χ1v) is 10.5. The summed E-state index contributed by atoms with van der Waals surface area (Å²) in [7, 11) is -3.26. The van der Waals surface area contributed by atoms with Crippen LogP contribution in [0, 0.1) is 0 Å². The highest BCUT2D eigenvalue weighted by atomic mass is 32.2. The molecule has 0 unspecified atom stereocenters. The molecule has 2 N–H and O–H groups in total. The zero-order valence-electron chi connectivity index (χ0n) is 14.8. The molecule has 9 nitrogen and oxygen atoms in total. The van der Waals surface area contributed by atoms with E-state index in [1.165, 1.54) is 6.26 Å². The molecule has 2 fully saturated rings. The second-order valence-corrected chi connectivity index (χ2v) is 9.26. The number of anilines is 3. The maximum absolute atomic E-state index is 12.4. The Morgan fingerprint density at radius 2 is 2.19 bits per heavy atom. The maximum atomic E-state index is 12.4. The van der Waals surface area contributed by atoms with Crippen LogP contribution in [0.4, 0.5) is 17.5 Å². The summed E-state index contributed by atoms with van der Waals surface area (Å²) in [6.45, 7) is 3.99. The van der Waals surface area contributed by atoms with Crippen molar-refractivity contribution >= 4 is 27.3 Å². The number of morpholine rings is 1. The summed E-state index contributed by atoms with van der Waals surface area (Å²) in [5, 5.41) is 9.73. The van der Waals surface area contributed by atoms with Gasteiger partial charge in [0.25, 0.3) is 0 Å². The summed E-state index contributed by atoms with van der Waals surface area (Å²) in [5.41, 5.74) is 1.27. The Morgan fingerprint density at radius 3 is 2.81 bits per heavy atom. The van der Waals surface area contributed by atoms with Crippen molar-refractivity contribution < 1.29 is 13.2 Å². The maximum Gasteiger partial charge on any atom is 0.229 e. The highest BCUT2D eigenvalue weighted by molar-refractivity contribution is 7.91. The van der Waals surface area contributed by atoms with Crippen molar-refractivity contribution in [3.63, 3.8) is 0 Å². The molecule has 4 rings (SSSR count). The lowest BCUT2D eigenvalue weighted by molar-refractivity contribution is 0.0985. The Morgan fingerprint density at radius 1 is 1.38 bits per heavy atom. The summed E-state index contributed by atoms with van der Waals surface area (Å²) >= 11 is 0. The average Bonchev–Trinajstić information content (AvgIpc) is 3.28. The van der Waals surface area contributed by atoms with E-state index >= 15 is 0 Å². The smallest absolute Gasteiger partial charge is 0.229 e. The van der Waals surface area contributed by atoms with E-state index in [1.54, 1.807) is 12.4 Å². The van der Waals surface area contributed by atoms with Crippen molar-refractivity contribution in [1.29, 1.82) is 0 Å². The van der Waals surface area contributed by atoms with Gasteiger partial charge in [0.05, 0.1) is 36.8 Å². The second-order valence-electron chi connectivity index (χ2n) is 6.93. The Balaban J connectivity index is 1.77. The Hall–Kier alpha value is -2.20. The van der Waals surface area contributed by atoms with Crippen molar-refractivity contribution in [3.05, 3.63) is 24.2 Å². The number of rotatable bonds is 5. The molecule has 0 amide bonds. The molecule has 1 saturated carbocycles. The number of nitrogens with zero attached hydrogens (tertiary/aromatic N) is 4. The van der Waals surface area contributed by atoms with Crippen LogP contribution < -0.4 is 10.2 Å². The number of nitrogens with one attached hydrogen (secondary N) is 2. The van der Waals surface area contributed by atoms with E-state index in [2.05, 4.69) is 37.3 Å². The lowest BCUT2D eigenvalue weighted by Crippen LogP contribution is -2.44. The molecule has 1 aliphatic heterocycles. The summed E-state index contributed by atoms with van der Waals surface area (Å²) in [6, 6.07) is 1.97. The van der Waals surface area contributed by atoms with Gasteiger partial charge in [-0.1, -0.05) is 0 Å². The van der Waals surface area contributed by atoms with Crippen molar-refractivity contribution in [1.82, 2.24) is 20.2 Å². The molecule has 26 heavy (non-hydrogen) atoms. The molecular weight excluding hydrogens is 356 g/mol. The number of aromatic nitrogens is 4. The van der Waals surface area contributed by atoms with Gasteiger partial charge in [0.15, 0.2) is 9.84 Å². The molecule has 1 atom stereocenters. The van der Waals surface area contributed by atoms with E-state index in [-0.39, 0.29) is 6.04 Å². The van der Waals surface area contributed by atoms with E-state index in [0.29, 0.717) is 55.7 Å². The third-order valence-electron chi connectivity index (χ3n) is 5.01. The average molecular weight is 378 g/mol. The fourth-order valence-corrected chi connectivity index (χ4v) is 4.65. The van der Waals surface area contributed by atoms with Crippen LogP contribution in [0.2, 0.25) is 0 Å². The quantitative estimate of drug-likeness (QED) is 0.798. The lowest BCUT2D eigenvalue weighted by Gasteiger charge is -2.34. The van der Waals surface area contributed by atoms with E-state index in [4.69, 9.17) is 4.74 Å². The first-order valence-electron chi connectivity index (χ1n) is 8.58. The minimum absolute atomic E-state index is 0.154. The standard InChI is InChI=1S/C16H22N6O3S/c1-11-10-25-6-5-22(11)14-7-13(16(3-4-16)26(2,23)24)20-15(21-14)19-12-8-17-18-9-12/h7-9,11H,3-6,10H2,1-2H3,(H,17,18)(H,19,20,21)/t11-/m1/s1. The summed E-state index contributed by atoms with van der Waals surface area (Å²) in [4.78, 5) is 11.3. The molecule has 2 aliphatic rings. The molecule has 0 bridgehead atoms. The van der Waals surface area contributed by atoms with Crippen LogP contribution in [0.15, 0.2) is 18.5 Å². The minimum Gasteiger partial charge on any atom is -0.377 e. The van der Waals surface area contributed by atoms with Crippen LogP contribution >= 0.6 is 0 Å². The number of sulfone groups is 1. The molecule has 2 aromatic rings. The van der Waals surface area contributed by atoms with E-state index in [9.17, 15) is 8.42 Å². The van der Waals surface area contributed by atoms with Crippen molar-refractivity contribution in [2.24, 2.45) is 0 Å². The predicted molar refractivity (Wildman–Crippen MR) is 97.3 cm³/mol. The van der Waals surface area contributed by atoms with Gasteiger partial charge in [0.1, 0.15) is 10.6 Å². The Bertz CT molecular complexity index is 895. The molecular formula is C16H22N6O3S. The van der Waals surface area contributed by atoms with Gasteiger partial charge in [-0.2, -0.15) is 10.1 Å². The molecule has 140 valence electrons. The van der Waals surface area contributed by atoms with Gasteiger partial charge in [-0.3, -0.25) is 5.10 Å². The van der Waals surface area contributed by atoms with E-state index in [1.807, 2.05) is 6.07 Å². The number of hydrogen-bond acceptors (Lipinski definition) is 8. The SMILES string of the molecule is C[C@@H]1COCCN1c1cc(C2(S(C)(=O)=O)CC2)nc(Nc2cn[nH]c2)n1. The molecule has 0 spiro atoms. The van der Waals surface area contributed by atoms with Crippen LogP contribution in [0.25, 0.3) is 0 Å². The predicted octanol–water partition coefficient (Wildman–Crippen LogP) is 1.20. The fraction of sp³-hybridized carbons (Fsp3) is 0.562. The van der Waals surface area contributed by atoms with E-state index < -0.39 is 14.6 Å². The zero-order valence-corrected chi connectivity index (χ0v) is 15.6. The van der Waals surface area contributed by atoms with Crippen LogP contribution in [0.3, 0.4) is 0 Å². The largest absolute Gasteiger partial charge is 0.377 e. The van der Waals surface area contributed by atoms with Gasteiger partial charge in [0.2, 0.25) is 5.95 Å². The minimum atomic E-state index is -3.26. The normalized spacial score (nSPS) is 22.2. The van der Waals surface area contributed by atoms with Crippen molar-refractivity contribution in [3.8, 4) is 0 Å². The van der Waals surface area contributed by atoms with Gasteiger partial charge in [-0.15, -0.1) is 0 Å². The van der Waals surface area contributed by atoms with Gasteiger partial charge >= 0.3 is 0 Å². The van der Waals surface area contributed by atoms with Gasteiger partial charge in [0, 0.05) is 25.1 Å². The molecule has 0 aromatic carbocycles. The fourth-order valence-electron chi connectivity index (χ4n) is 3.32. The molecule has 1 aliphatic carbocycles. The lowest BCUT2D eigenvalue weighted by atomic mass is 10.2. The summed E-state index contributed by atoms with van der Waals surface area (Å²) in [5.74, 6) is 1.08. The monoisotopic (exact) mass is 378 g/mol. The topological polar surface area (TPSA) is 113 Å². The Labute approximate surface area is 152 Å². The summed E-state index contributed by atoms with van der Waals surface area (Å²) in [6.07, 6.45) is 5.77. The van der Waals surface area contributed by atoms with Crippen LogP contribution in [0.1, 0.15) is 25.5 Å².